The van der Waals surface area contributed by atoms with Crippen LogP contribution in [0.4, 0.5) is 5.69 Å². The number of hydrogen-bond acceptors (Lipinski definition) is 3. The summed E-state index contributed by atoms with van der Waals surface area (Å²) in [7, 11) is 0. The topological polar surface area (TPSA) is 51.1 Å². The van der Waals surface area contributed by atoms with Crippen LogP contribution in [0.3, 0.4) is 0 Å². The molecule has 3 aromatic carbocycles. The number of halogens is 1. The van der Waals surface area contributed by atoms with Crippen molar-refractivity contribution in [1.29, 1.82) is 0 Å². The molecule has 6 heteroatoms. The number of carbonyl (C=O) groups excluding carboxylic acids is 1. The molecule has 0 radical (unpaired) electrons. The minimum Gasteiger partial charge on any atom is -0.324 e. The summed E-state index contributed by atoms with van der Waals surface area (Å²) < 4.78 is 1.71. The highest BCUT2D eigenvalue weighted by Crippen LogP contribution is 2.48. The van der Waals surface area contributed by atoms with Gasteiger partial charge in [0.2, 0.25) is 5.91 Å². The fourth-order valence-corrected chi connectivity index (χ4v) is 6.55. The van der Waals surface area contributed by atoms with Crippen LogP contribution in [0, 0.1) is 0 Å². The number of aromatic nitrogens is 1. The van der Waals surface area contributed by atoms with Gasteiger partial charge in [0.25, 0.3) is 5.56 Å². The van der Waals surface area contributed by atoms with E-state index in [9.17, 15) is 9.59 Å². The molecule has 2 heterocycles. The van der Waals surface area contributed by atoms with Crippen molar-refractivity contribution in [3.05, 3.63) is 105 Å². The van der Waals surface area contributed by atoms with Crippen LogP contribution < -0.4 is 10.9 Å². The zero-order chi connectivity index (χ0) is 23.2. The van der Waals surface area contributed by atoms with Crippen LogP contribution in [0.25, 0.3) is 10.8 Å². The highest BCUT2D eigenvalue weighted by atomic mass is 35.5. The zero-order valence-corrected chi connectivity index (χ0v) is 20.0. The predicted octanol–water partition coefficient (Wildman–Crippen LogP) is 6.41. The first-order valence-corrected chi connectivity index (χ1v) is 12.9. The van der Waals surface area contributed by atoms with Crippen molar-refractivity contribution in [3.8, 4) is 0 Å². The molecule has 1 fully saturated rings. The minimum atomic E-state index is -0.532. The maximum absolute atomic E-state index is 13.4. The van der Waals surface area contributed by atoms with E-state index in [-0.39, 0.29) is 11.5 Å². The molecule has 1 aliphatic heterocycles. The molecule has 0 spiro atoms. The molecule has 1 N–H and O–H groups in total. The molecule has 1 amide bonds. The molecule has 34 heavy (non-hydrogen) atoms. The first-order chi connectivity index (χ1) is 16.6. The van der Waals surface area contributed by atoms with Gasteiger partial charge in [0.05, 0.1) is 5.03 Å². The van der Waals surface area contributed by atoms with Crippen LogP contribution in [0.15, 0.2) is 82.6 Å². The molecule has 4 nitrogen and oxygen atoms in total. The second kappa shape index (κ2) is 8.64. The Kier molecular flexibility index (Phi) is 5.47. The van der Waals surface area contributed by atoms with Gasteiger partial charge in [0, 0.05) is 22.5 Å². The summed E-state index contributed by atoms with van der Waals surface area (Å²) in [5, 5.41) is 6.89. The summed E-state index contributed by atoms with van der Waals surface area (Å²) in [5.74, 6) is 0.840. The highest BCUT2D eigenvalue weighted by Gasteiger charge is 2.37. The molecular weight excluding hydrogens is 464 g/mol. The molecule has 170 valence electrons. The van der Waals surface area contributed by atoms with E-state index in [0.29, 0.717) is 22.4 Å². The SMILES string of the molecule is O=C(Nc1cccc(Cl)c1)[C@@H]1CSc2c(C3CC3)c(Cc3cccc4ccccc34)cc(=O)n21. The summed E-state index contributed by atoms with van der Waals surface area (Å²) in [5.41, 5.74) is 4.11. The van der Waals surface area contributed by atoms with Crippen molar-refractivity contribution in [1.82, 2.24) is 4.57 Å². The van der Waals surface area contributed by atoms with Crippen LogP contribution >= 0.6 is 23.4 Å². The number of rotatable bonds is 5. The summed E-state index contributed by atoms with van der Waals surface area (Å²) in [6.45, 7) is 0. The van der Waals surface area contributed by atoms with Gasteiger partial charge in [0.15, 0.2) is 0 Å². The average Bonchev–Trinajstić information content (AvgIpc) is 3.56. The first-order valence-electron chi connectivity index (χ1n) is 11.5. The Morgan fingerprint density at radius 3 is 2.62 bits per heavy atom. The Hall–Kier alpha value is -3.02. The Morgan fingerprint density at radius 2 is 1.79 bits per heavy atom. The number of nitrogens with one attached hydrogen (secondary N) is 1. The van der Waals surface area contributed by atoms with Gasteiger partial charge in [-0.15, -0.1) is 11.8 Å². The van der Waals surface area contributed by atoms with E-state index in [4.69, 9.17) is 11.6 Å². The predicted molar refractivity (Wildman–Crippen MR) is 139 cm³/mol. The lowest BCUT2D eigenvalue weighted by Gasteiger charge is -2.18. The highest BCUT2D eigenvalue weighted by molar-refractivity contribution is 7.99. The van der Waals surface area contributed by atoms with E-state index in [2.05, 4.69) is 47.8 Å². The molecule has 4 aromatic rings. The number of anilines is 1. The molecule has 2 aliphatic rings. The molecule has 1 aliphatic carbocycles. The van der Waals surface area contributed by atoms with Crippen molar-refractivity contribution >= 4 is 45.7 Å². The lowest BCUT2D eigenvalue weighted by atomic mass is 9.95. The van der Waals surface area contributed by atoms with Gasteiger partial charge in [-0.3, -0.25) is 14.2 Å². The smallest absolute Gasteiger partial charge is 0.252 e. The van der Waals surface area contributed by atoms with Crippen molar-refractivity contribution in [3.63, 3.8) is 0 Å². The number of hydrogen-bond donors (Lipinski definition) is 1. The normalized spacial score (nSPS) is 17.0. The number of benzene rings is 3. The molecule has 1 aromatic heterocycles. The van der Waals surface area contributed by atoms with Crippen molar-refractivity contribution in [2.75, 3.05) is 11.1 Å². The monoisotopic (exact) mass is 486 g/mol. The average molecular weight is 487 g/mol. The van der Waals surface area contributed by atoms with E-state index in [1.807, 2.05) is 0 Å². The van der Waals surface area contributed by atoms with Gasteiger partial charge in [-0.05, 0) is 70.8 Å². The van der Waals surface area contributed by atoms with Gasteiger partial charge in [0.1, 0.15) is 6.04 Å². The van der Waals surface area contributed by atoms with Crippen LogP contribution in [0.1, 0.15) is 41.5 Å². The van der Waals surface area contributed by atoms with Crippen LogP contribution in [-0.4, -0.2) is 16.2 Å². The Bertz CT molecular complexity index is 1490. The van der Waals surface area contributed by atoms with E-state index >= 15 is 0 Å². The third-order valence-corrected chi connectivity index (χ3v) is 8.07. The van der Waals surface area contributed by atoms with Crippen molar-refractivity contribution in [2.24, 2.45) is 0 Å². The van der Waals surface area contributed by atoms with Crippen LogP contribution in [0.2, 0.25) is 5.02 Å². The molecule has 6 rings (SSSR count). The number of fused-ring (bicyclic) bond motifs is 2. The largest absolute Gasteiger partial charge is 0.324 e. The Morgan fingerprint density at radius 1 is 1.00 bits per heavy atom. The van der Waals surface area contributed by atoms with Crippen molar-refractivity contribution in [2.45, 2.75) is 36.2 Å². The maximum atomic E-state index is 13.4. The second-order valence-electron chi connectivity index (χ2n) is 9.01. The summed E-state index contributed by atoms with van der Waals surface area (Å²) in [4.78, 5) is 26.5. The molecular formula is C28H23ClN2O2S. The van der Waals surface area contributed by atoms with Gasteiger partial charge < -0.3 is 5.32 Å². The summed E-state index contributed by atoms with van der Waals surface area (Å²) in [6.07, 6.45) is 2.98. The van der Waals surface area contributed by atoms with Gasteiger partial charge in [-0.1, -0.05) is 60.1 Å². The number of carbonyl (C=O) groups is 1. The van der Waals surface area contributed by atoms with Crippen molar-refractivity contribution < 1.29 is 4.79 Å². The lowest BCUT2D eigenvalue weighted by Crippen LogP contribution is -2.33. The number of nitrogens with zero attached hydrogens (tertiary/aromatic N) is 1. The van der Waals surface area contributed by atoms with E-state index < -0.39 is 6.04 Å². The third kappa shape index (κ3) is 3.93. The van der Waals surface area contributed by atoms with E-state index in [0.717, 1.165) is 29.9 Å². The minimum absolute atomic E-state index is 0.106. The van der Waals surface area contributed by atoms with Gasteiger partial charge >= 0.3 is 0 Å². The Labute approximate surface area is 206 Å². The number of thioether (sulfide) groups is 1. The lowest BCUT2D eigenvalue weighted by molar-refractivity contribution is -0.118. The molecule has 0 bridgehead atoms. The van der Waals surface area contributed by atoms with Gasteiger partial charge in [-0.2, -0.15) is 0 Å². The third-order valence-electron chi connectivity index (χ3n) is 6.66. The molecule has 1 saturated carbocycles. The standard InChI is InChI=1S/C28H23ClN2O2S/c29-21-8-4-9-22(15-21)30-27(33)24-16-34-28-26(18-11-12-18)20(14-25(32)31(24)28)13-19-7-3-6-17-5-1-2-10-23(17)19/h1-10,14-15,18,24H,11-13,16H2,(H,30,33)/t24-/m0/s1. The van der Waals surface area contributed by atoms with Gasteiger partial charge in [-0.25, -0.2) is 0 Å². The second-order valence-corrected chi connectivity index (χ2v) is 10.5. The number of pyridine rings is 1. The molecule has 1 atom stereocenters. The summed E-state index contributed by atoms with van der Waals surface area (Å²) >= 11 is 7.70. The maximum Gasteiger partial charge on any atom is 0.252 e. The first kappa shape index (κ1) is 21.5. The molecule has 0 unspecified atom stereocenters. The fraction of sp³-hybridized carbons (Fsp3) is 0.214. The quantitative estimate of drug-likeness (QED) is 0.354. The zero-order valence-electron chi connectivity index (χ0n) is 18.5. The fourth-order valence-electron chi connectivity index (χ4n) is 4.93. The van der Waals surface area contributed by atoms with Crippen LogP contribution in [0.5, 0.6) is 0 Å². The van der Waals surface area contributed by atoms with Crippen LogP contribution in [-0.2, 0) is 11.2 Å². The number of amides is 1. The van der Waals surface area contributed by atoms with E-state index in [1.165, 1.54) is 21.9 Å². The van der Waals surface area contributed by atoms with E-state index in [1.54, 1.807) is 46.7 Å². The summed E-state index contributed by atoms with van der Waals surface area (Å²) in [6, 6.07) is 23.1. The molecule has 0 saturated heterocycles. The Balaban J connectivity index is 1.38.